The second kappa shape index (κ2) is 17.7. The molecule has 0 spiro atoms. The summed E-state index contributed by atoms with van der Waals surface area (Å²) < 4.78 is 0. The molecule has 0 aliphatic carbocycles. The van der Waals surface area contributed by atoms with Crippen LogP contribution in [0.15, 0.2) is 0 Å². The molecule has 0 fully saturated rings. The predicted molar refractivity (Wildman–Crippen MR) is 17.1 cm³/mol. The fraction of sp³-hybridized carbons (Fsp3) is 0. The molecule has 0 amide bonds. The Morgan fingerprint density at radius 3 is 0.750 bits per heavy atom. The van der Waals surface area contributed by atoms with Gasteiger partial charge in [0.15, 0.2) is 0 Å². The second-order valence-electron chi connectivity index (χ2n) is 0. The third kappa shape index (κ3) is 8.82. The third-order valence-corrected chi connectivity index (χ3v) is 0. The van der Waals surface area contributed by atoms with Crippen molar-refractivity contribution >= 4 is 40.7 Å². The zero-order valence-corrected chi connectivity index (χ0v) is 13.3. The average Bonchev–Trinajstić information content (AvgIpc) is 0. The smallest absolute Gasteiger partial charge is 0 e. The minimum atomic E-state index is 0. The first kappa shape index (κ1) is 31.0. The normalized spacial score (nSPS) is 0. The van der Waals surface area contributed by atoms with Gasteiger partial charge in [0.1, 0.15) is 0 Å². The van der Waals surface area contributed by atoms with E-state index in [2.05, 4.69) is 0 Å². The van der Waals surface area contributed by atoms with Gasteiger partial charge in [-0.25, -0.2) is 0 Å². The van der Waals surface area contributed by atoms with Crippen LogP contribution >= 0.6 is 0 Å². The fourth-order valence-corrected chi connectivity index (χ4v) is 0. The van der Waals surface area contributed by atoms with Gasteiger partial charge in [-0.05, 0) is 0 Å². The Hall–Kier alpha value is 2.56. The van der Waals surface area contributed by atoms with Crippen LogP contribution in [0.1, 0.15) is 0 Å². The van der Waals surface area contributed by atoms with E-state index in [1.807, 2.05) is 0 Å². The summed E-state index contributed by atoms with van der Waals surface area (Å²) in [5.41, 5.74) is 0. The molecule has 0 radical (unpaired) electrons. The van der Waals surface area contributed by atoms with Crippen molar-refractivity contribution in [2.24, 2.45) is 0 Å². The summed E-state index contributed by atoms with van der Waals surface area (Å²) in [4.78, 5) is 0. The van der Waals surface area contributed by atoms with Crippen LogP contribution in [0.4, 0.5) is 0 Å². The molecule has 0 aromatic carbocycles. The summed E-state index contributed by atoms with van der Waals surface area (Å²) in [5, 5.41) is 0. The van der Waals surface area contributed by atoms with Crippen molar-refractivity contribution in [1.82, 2.24) is 0 Å². The van der Waals surface area contributed by atoms with Crippen LogP contribution in [0.3, 0.4) is 0 Å². The maximum absolute atomic E-state index is 0. The van der Waals surface area contributed by atoms with E-state index in [1.54, 1.807) is 0 Å². The van der Waals surface area contributed by atoms with Crippen molar-refractivity contribution in [1.29, 1.82) is 0 Å². The van der Waals surface area contributed by atoms with Gasteiger partial charge in [0.25, 0.3) is 0 Å². The quantitative estimate of drug-likeness (QED) is 0.455. The van der Waals surface area contributed by atoms with Crippen LogP contribution in [0, 0.1) is 0 Å². The molecule has 4 heteroatoms. The Morgan fingerprint density at radius 2 is 0.750 bits per heavy atom. The van der Waals surface area contributed by atoms with E-state index in [0.29, 0.717) is 0 Å². The SMILES string of the molecule is [SeH2].[TeH2].[Zn].[Zn]. The van der Waals surface area contributed by atoms with Crippen molar-refractivity contribution < 1.29 is 39.0 Å². The Balaban J connectivity index is 0. The zero-order chi connectivity index (χ0) is 0. The van der Waals surface area contributed by atoms with E-state index < -0.39 is 0 Å². The summed E-state index contributed by atoms with van der Waals surface area (Å²) >= 11 is 0. The van der Waals surface area contributed by atoms with E-state index in [1.165, 1.54) is 0 Å². The second-order valence-corrected chi connectivity index (χ2v) is 0. The van der Waals surface area contributed by atoms with Crippen LogP contribution in [-0.2, 0) is 39.0 Å². The summed E-state index contributed by atoms with van der Waals surface area (Å²) in [6.07, 6.45) is 0. The summed E-state index contributed by atoms with van der Waals surface area (Å²) in [6, 6.07) is 0. The summed E-state index contributed by atoms with van der Waals surface area (Å²) in [7, 11) is 0. The molecule has 0 nitrogen and oxygen atoms in total. The standard InChI is InChI=1S/H2Se.H2Te.2Zn/h2*1H2;;. The van der Waals surface area contributed by atoms with Crippen LogP contribution in [0.2, 0.25) is 0 Å². The maximum Gasteiger partial charge on any atom is 0 e. The van der Waals surface area contributed by atoms with Gasteiger partial charge in [-0.2, -0.15) is 0 Å². The Labute approximate surface area is 78.6 Å². The molecule has 20 valence electrons. The molecule has 0 rings (SSSR count). The van der Waals surface area contributed by atoms with Crippen molar-refractivity contribution in [2.45, 2.75) is 0 Å². The number of hydrogen-bond acceptors (Lipinski definition) is 0. The molecule has 0 unspecified atom stereocenters. The summed E-state index contributed by atoms with van der Waals surface area (Å²) in [6.45, 7) is 0. The molecule has 0 saturated heterocycles. The van der Waals surface area contributed by atoms with Crippen LogP contribution < -0.4 is 0 Å². The first-order chi connectivity index (χ1) is 0. The molecule has 0 aromatic heterocycles. The van der Waals surface area contributed by atoms with Gasteiger partial charge >= 0.3 is 40.7 Å². The molecule has 0 atom stereocenters. The first-order valence-electron chi connectivity index (χ1n) is 0. The van der Waals surface area contributed by atoms with Crippen molar-refractivity contribution in [3.05, 3.63) is 0 Å². The maximum atomic E-state index is 0. The van der Waals surface area contributed by atoms with Gasteiger partial charge in [0, 0.05) is 39.0 Å². The molecular weight excluding hydrogens is 337 g/mol. The molecule has 0 aliphatic rings. The van der Waals surface area contributed by atoms with Gasteiger partial charge in [-0.3, -0.25) is 0 Å². The number of hydrogen-bond donors (Lipinski definition) is 0. The third-order valence-electron chi connectivity index (χ3n) is 0. The zero-order valence-electron chi connectivity index (χ0n) is 2.41. The predicted octanol–water partition coefficient (Wildman–Crippen LogP) is -1.84. The minimum absolute atomic E-state index is 0. The van der Waals surface area contributed by atoms with E-state index in [0.717, 1.165) is 0 Å². The topological polar surface area (TPSA) is 0 Å². The number of rotatable bonds is 0. The molecule has 4 heavy (non-hydrogen) atoms. The van der Waals surface area contributed by atoms with Gasteiger partial charge in [0.05, 0.1) is 0 Å². The van der Waals surface area contributed by atoms with Gasteiger partial charge in [-0.1, -0.05) is 0 Å². The van der Waals surface area contributed by atoms with Crippen molar-refractivity contribution in [3.63, 3.8) is 0 Å². The van der Waals surface area contributed by atoms with Crippen LogP contribution in [0.5, 0.6) is 0 Å². The van der Waals surface area contributed by atoms with Gasteiger partial charge in [0.2, 0.25) is 0 Å². The molecule has 0 saturated carbocycles. The fourth-order valence-electron chi connectivity index (χ4n) is 0. The average molecular weight is 341 g/mol. The Morgan fingerprint density at radius 1 is 0.750 bits per heavy atom. The van der Waals surface area contributed by atoms with Crippen LogP contribution in [0.25, 0.3) is 0 Å². The monoisotopic (exact) mass is 342 g/mol. The first-order valence-corrected chi connectivity index (χ1v) is 0. The molecule has 0 bridgehead atoms. The van der Waals surface area contributed by atoms with Crippen molar-refractivity contribution in [3.8, 4) is 0 Å². The Kier molecular flexibility index (Phi) is 137. The molecule has 0 aliphatic heterocycles. The van der Waals surface area contributed by atoms with E-state index in [4.69, 9.17) is 0 Å². The van der Waals surface area contributed by atoms with E-state index in [-0.39, 0.29) is 79.7 Å². The van der Waals surface area contributed by atoms with Crippen LogP contribution in [-0.4, -0.2) is 40.7 Å². The largest absolute Gasteiger partial charge is 0 e. The van der Waals surface area contributed by atoms with Gasteiger partial charge < -0.3 is 0 Å². The molecule has 0 aromatic rings. The minimum Gasteiger partial charge on any atom is 0 e. The van der Waals surface area contributed by atoms with E-state index in [9.17, 15) is 0 Å². The van der Waals surface area contributed by atoms with E-state index >= 15 is 0 Å². The molecule has 0 N–H and O–H groups in total. The molecule has 0 heterocycles. The molecular formula is H4SeTeZn2. The Bertz CT molecular complexity index is 6.00. The summed E-state index contributed by atoms with van der Waals surface area (Å²) in [5.74, 6) is 0. The van der Waals surface area contributed by atoms with Crippen molar-refractivity contribution in [2.75, 3.05) is 0 Å². The van der Waals surface area contributed by atoms with Gasteiger partial charge in [-0.15, -0.1) is 0 Å².